The molecule has 1 aromatic carbocycles. The number of amides is 1. The number of nitrogens with zero attached hydrogens (tertiary/aromatic N) is 1. The van der Waals surface area contributed by atoms with Gasteiger partial charge in [-0.25, -0.2) is 9.59 Å². The van der Waals surface area contributed by atoms with Crippen LogP contribution in [-0.2, 0) is 0 Å². The quantitative estimate of drug-likeness (QED) is 0.842. The van der Waals surface area contributed by atoms with Gasteiger partial charge in [-0.2, -0.15) is 0 Å². The van der Waals surface area contributed by atoms with Crippen molar-refractivity contribution in [3.8, 4) is 0 Å². The average molecular weight is 249 g/mol. The fourth-order valence-electron chi connectivity index (χ4n) is 2.30. The lowest BCUT2D eigenvalue weighted by Crippen LogP contribution is -2.36. The molecule has 1 aliphatic heterocycles. The van der Waals surface area contributed by atoms with Crippen molar-refractivity contribution in [3.63, 3.8) is 0 Å². The molecule has 18 heavy (non-hydrogen) atoms. The highest BCUT2D eigenvalue weighted by Gasteiger charge is 2.23. The predicted molar refractivity (Wildman–Crippen MR) is 65.0 cm³/mol. The van der Waals surface area contributed by atoms with Crippen LogP contribution in [0.2, 0.25) is 0 Å². The Morgan fingerprint density at radius 3 is 2.06 bits per heavy atom. The van der Waals surface area contributed by atoms with E-state index in [-0.39, 0.29) is 5.56 Å². The van der Waals surface area contributed by atoms with Crippen LogP contribution in [0.25, 0.3) is 0 Å². The first kappa shape index (κ1) is 12.4. The van der Waals surface area contributed by atoms with Crippen LogP contribution in [0.1, 0.15) is 34.7 Å². The first-order valence-corrected chi connectivity index (χ1v) is 5.89. The van der Waals surface area contributed by atoms with Gasteiger partial charge in [-0.3, -0.25) is 0 Å². The van der Waals surface area contributed by atoms with Gasteiger partial charge in [0, 0.05) is 13.1 Å². The lowest BCUT2D eigenvalue weighted by Gasteiger charge is -2.30. The van der Waals surface area contributed by atoms with Gasteiger partial charge in [0.15, 0.2) is 0 Å². The van der Waals surface area contributed by atoms with Crippen LogP contribution in [-0.4, -0.2) is 40.3 Å². The molecule has 1 amide bonds. The van der Waals surface area contributed by atoms with Crippen molar-refractivity contribution in [2.45, 2.75) is 18.8 Å². The van der Waals surface area contributed by atoms with Crippen LogP contribution in [0.4, 0.5) is 4.79 Å². The molecular formula is C13H15NO4. The van der Waals surface area contributed by atoms with Crippen LogP contribution in [0.5, 0.6) is 0 Å². The molecule has 0 bridgehead atoms. The molecule has 1 heterocycles. The van der Waals surface area contributed by atoms with Crippen LogP contribution in [0, 0.1) is 0 Å². The Bertz CT molecular complexity index is 447. The number of likely N-dealkylation sites (tertiary alicyclic amines) is 1. The largest absolute Gasteiger partial charge is 0.478 e. The Morgan fingerprint density at radius 1 is 1.06 bits per heavy atom. The molecule has 1 fully saturated rings. The maximum absolute atomic E-state index is 10.8. The fraction of sp³-hybridized carbons (Fsp3) is 0.385. The van der Waals surface area contributed by atoms with E-state index < -0.39 is 12.1 Å². The number of hydrogen-bond donors (Lipinski definition) is 2. The second-order valence-electron chi connectivity index (χ2n) is 4.47. The van der Waals surface area contributed by atoms with E-state index in [1.54, 1.807) is 12.1 Å². The monoisotopic (exact) mass is 249 g/mol. The van der Waals surface area contributed by atoms with Crippen LogP contribution < -0.4 is 0 Å². The third kappa shape index (κ3) is 2.61. The van der Waals surface area contributed by atoms with E-state index in [1.165, 1.54) is 4.90 Å². The number of carboxylic acid groups (broad SMARTS) is 2. The first-order valence-electron chi connectivity index (χ1n) is 5.89. The summed E-state index contributed by atoms with van der Waals surface area (Å²) in [6.07, 6.45) is 0.715. The third-order valence-corrected chi connectivity index (χ3v) is 3.39. The molecule has 2 N–H and O–H groups in total. The van der Waals surface area contributed by atoms with Gasteiger partial charge in [0.05, 0.1) is 5.56 Å². The Morgan fingerprint density at radius 2 is 1.61 bits per heavy atom. The smallest absolute Gasteiger partial charge is 0.407 e. The molecule has 5 nitrogen and oxygen atoms in total. The first-order chi connectivity index (χ1) is 8.58. The summed E-state index contributed by atoms with van der Waals surface area (Å²) < 4.78 is 0. The number of benzene rings is 1. The number of aromatic carboxylic acids is 1. The molecule has 0 unspecified atom stereocenters. The molecule has 96 valence electrons. The minimum atomic E-state index is -0.928. The van der Waals surface area contributed by atoms with Crippen molar-refractivity contribution in [1.29, 1.82) is 0 Å². The SMILES string of the molecule is O=C(O)c1ccc(C2CCN(C(=O)O)CC2)cc1. The zero-order valence-electron chi connectivity index (χ0n) is 9.87. The van der Waals surface area contributed by atoms with Gasteiger partial charge in [0.2, 0.25) is 0 Å². The van der Waals surface area contributed by atoms with Crippen molar-refractivity contribution in [2.75, 3.05) is 13.1 Å². The number of hydrogen-bond acceptors (Lipinski definition) is 2. The van der Waals surface area contributed by atoms with Gasteiger partial charge in [-0.1, -0.05) is 12.1 Å². The van der Waals surface area contributed by atoms with E-state index >= 15 is 0 Å². The summed E-state index contributed by atoms with van der Waals surface area (Å²) in [4.78, 5) is 22.9. The average Bonchev–Trinajstić information content (AvgIpc) is 2.39. The molecule has 1 saturated heterocycles. The predicted octanol–water partition coefficient (Wildman–Crippen LogP) is 2.24. The highest BCUT2D eigenvalue weighted by molar-refractivity contribution is 5.87. The molecule has 0 spiro atoms. The molecule has 0 saturated carbocycles. The van der Waals surface area contributed by atoms with Crippen LogP contribution in [0.15, 0.2) is 24.3 Å². The van der Waals surface area contributed by atoms with Crippen molar-refractivity contribution in [3.05, 3.63) is 35.4 Å². The summed E-state index contributed by atoms with van der Waals surface area (Å²) in [5.74, 6) is -0.606. The number of rotatable bonds is 2. The lowest BCUT2D eigenvalue weighted by atomic mass is 9.89. The summed E-state index contributed by atoms with van der Waals surface area (Å²) in [6.45, 7) is 1.08. The number of carbonyl (C=O) groups is 2. The zero-order chi connectivity index (χ0) is 13.1. The van der Waals surface area contributed by atoms with E-state index in [9.17, 15) is 9.59 Å². The Kier molecular flexibility index (Phi) is 3.50. The molecule has 0 atom stereocenters. The van der Waals surface area contributed by atoms with E-state index in [4.69, 9.17) is 10.2 Å². The minimum Gasteiger partial charge on any atom is -0.478 e. The number of carboxylic acids is 1. The normalized spacial score (nSPS) is 16.6. The molecule has 1 aromatic rings. The second kappa shape index (κ2) is 5.08. The maximum atomic E-state index is 10.8. The van der Waals surface area contributed by atoms with Gasteiger partial charge in [0.1, 0.15) is 0 Å². The summed E-state index contributed by atoms with van der Waals surface area (Å²) in [7, 11) is 0. The summed E-state index contributed by atoms with van der Waals surface area (Å²) in [5, 5.41) is 17.7. The molecule has 0 aliphatic carbocycles. The van der Waals surface area contributed by atoms with Crippen molar-refractivity contribution >= 4 is 12.1 Å². The lowest BCUT2D eigenvalue weighted by molar-refractivity contribution is 0.0696. The summed E-state index contributed by atoms with van der Waals surface area (Å²) in [5.41, 5.74) is 1.37. The number of piperidine rings is 1. The maximum Gasteiger partial charge on any atom is 0.407 e. The Balaban J connectivity index is 2.01. The fourth-order valence-corrected chi connectivity index (χ4v) is 2.30. The van der Waals surface area contributed by atoms with Gasteiger partial charge in [0.25, 0.3) is 0 Å². The zero-order valence-corrected chi connectivity index (χ0v) is 9.87. The summed E-state index contributed by atoms with van der Waals surface area (Å²) >= 11 is 0. The van der Waals surface area contributed by atoms with Crippen LogP contribution >= 0.6 is 0 Å². The molecule has 0 aromatic heterocycles. The second-order valence-corrected chi connectivity index (χ2v) is 4.47. The molecule has 1 aliphatic rings. The molecule has 5 heteroatoms. The topological polar surface area (TPSA) is 77.8 Å². The van der Waals surface area contributed by atoms with Crippen molar-refractivity contribution in [2.24, 2.45) is 0 Å². The van der Waals surface area contributed by atoms with Crippen molar-refractivity contribution < 1.29 is 19.8 Å². The van der Waals surface area contributed by atoms with E-state index in [0.717, 1.165) is 18.4 Å². The van der Waals surface area contributed by atoms with Gasteiger partial charge < -0.3 is 15.1 Å². The highest BCUT2D eigenvalue weighted by Crippen LogP contribution is 2.28. The molecular weight excluding hydrogens is 234 g/mol. The highest BCUT2D eigenvalue weighted by atomic mass is 16.4. The van der Waals surface area contributed by atoms with E-state index in [2.05, 4.69) is 0 Å². The van der Waals surface area contributed by atoms with E-state index in [0.29, 0.717) is 19.0 Å². The van der Waals surface area contributed by atoms with Crippen LogP contribution in [0.3, 0.4) is 0 Å². The van der Waals surface area contributed by atoms with Gasteiger partial charge in [-0.15, -0.1) is 0 Å². The summed E-state index contributed by atoms with van der Waals surface area (Å²) in [6, 6.07) is 6.84. The minimum absolute atomic E-state index is 0.279. The standard InChI is InChI=1S/C13H15NO4/c15-12(16)11-3-1-9(2-4-11)10-5-7-14(8-6-10)13(17)18/h1-4,10H,5-8H2,(H,15,16)(H,17,18). The Hall–Kier alpha value is -2.04. The third-order valence-electron chi connectivity index (χ3n) is 3.39. The Labute approximate surface area is 105 Å². The van der Waals surface area contributed by atoms with Crippen molar-refractivity contribution in [1.82, 2.24) is 4.90 Å². The molecule has 0 radical (unpaired) electrons. The van der Waals surface area contributed by atoms with Gasteiger partial charge >= 0.3 is 12.1 Å². The van der Waals surface area contributed by atoms with Gasteiger partial charge in [-0.05, 0) is 36.5 Å². The molecule has 2 rings (SSSR count). The van der Waals surface area contributed by atoms with E-state index in [1.807, 2.05) is 12.1 Å².